The third kappa shape index (κ3) is 4.72. The lowest BCUT2D eigenvalue weighted by atomic mass is 10.0. The molecule has 1 amide bonds. The Bertz CT molecular complexity index is 930. The van der Waals surface area contributed by atoms with Crippen molar-refractivity contribution in [3.05, 3.63) is 41.3 Å². The van der Waals surface area contributed by atoms with Gasteiger partial charge in [0, 0.05) is 5.69 Å². The highest BCUT2D eigenvalue weighted by Gasteiger charge is 2.28. The van der Waals surface area contributed by atoms with Gasteiger partial charge in [0.15, 0.2) is 5.76 Å². The first kappa shape index (κ1) is 20.6. The highest BCUT2D eigenvalue weighted by Crippen LogP contribution is 2.20. The Labute approximate surface area is 156 Å². The first-order valence-corrected chi connectivity index (χ1v) is 9.60. The molecule has 2 unspecified atom stereocenters. The first-order chi connectivity index (χ1) is 12.5. The SMILES string of the molecule is Cc1noc(C)c1S(=O)(=O)NC(C)C(=O)Nc1ccc(C(C)C(=O)O)cc1. The molecular weight excluding hydrogens is 374 g/mol. The van der Waals surface area contributed by atoms with Gasteiger partial charge in [-0.2, -0.15) is 4.72 Å². The molecule has 0 fully saturated rings. The van der Waals surface area contributed by atoms with Crippen molar-refractivity contribution in [1.82, 2.24) is 9.88 Å². The van der Waals surface area contributed by atoms with E-state index in [0.29, 0.717) is 11.3 Å². The molecular formula is C17H21N3O6S. The number of aryl methyl sites for hydroxylation is 2. The molecule has 0 spiro atoms. The summed E-state index contributed by atoms with van der Waals surface area (Å²) in [5, 5.41) is 15.2. The van der Waals surface area contributed by atoms with Gasteiger partial charge >= 0.3 is 5.97 Å². The molecule has 2 aromatic rings. The molecule has 0 aliphatic heterocycles. The molecule has 1 aromatic carbocycles. The van der Waals surface area contributed by atoms with Crippen LogP contribution in [0.25, 0.3) is 0 Å². The molecule has 0 radical (unpaired) electrons. The standard InChI is InChI=1S/C17H21N3O6S/c1-9(17(22)23)13-5-7-14(8-6-13)18-16(21)11(3)20-27(24,25)15-10(2)19-26-12(15)4/h5-9,11,20H,1-4H3,(H,18,21)(H,22,23). The van der Waals surface area contributed by atoms with Crippen LogP contribution in [-0.4, -0.2) is 36.6 Å². The third-order valence-corrected chi connectivity index (χ3v) is 5.79. The Kier molecular flexibility index (Phi) is 6.01. The average Bonchev–Trinajstić information content (AvgIpc) is 2.93. The number of aromatic nitrogens is 1. The molecule has 1 heterocycles. The van der Waals surface area contributed by atoms with Crippen molar-refractivity contribution in [2.24, 2.45) is 0 Å². The van der Waals surface area contributed by atoms with Gasteiger partial charge in [-0.15, -0.1) is 0 Å². The van der Waals surface area contributed by atoms with Gasteiger partial charge in [-0.05, 0) is 45.4 Å². The lowest BCUT2D eigenvalue weighted by Crippen LogP contribution is -2.41. The first-order valence-electron chi connectivity index (χ1n) is 8.11. The van der Waals surface area contributed by atoms with Crippen LogP contribution in [0, 0.1) is 13.8 Å². The molecule has 9 nitrogen and oxygen atoms in total. The number of hydrogen-bond donors (Lipinski definition) is 3. The number of sulfonamides is 1. The average molecular weight is 395 g/mol. The number of carbonyl (C=O) groups is 2. The molecule has 146 valence electrons. The Morgan fingerprint density at radius 1 is 1.15 bits per heavy atom. The highest BCUT2D eigenvalue weighted by atomic mass is 32.2. The summed E-state index contributed by atoms with van der Waals surface area (Å²) in [6.45, 7) is 5.93. The molecule has 0 aliphatic carbocycles. The summed E-state index contributed by atoms with van der Waals surface area (Å²) >= 11 is 0. The number of carbonyl (C=O) groups excluding carboxylic acids is 1. The van der Waals surface area contributed by atoms with E-state index < -0.39 is 33.9 Å². The van der Waals surface area contributed by atoms with E-state index >= 15 is 0 Å². The van der Waals surface area contributed by atoms with Crippen molar-refractivity contribution in [3.8, 4) is 0 Å². The number of carboxylic acid groups (broad SMARTS) is 1. The van der Waals surface area contributed by atoms with Crippen molar-refractivity contribution >= 4 is 27.6 Å². The second kappa shape index (κ2) is 7.89. The molecule has 2 atom stereocenters. The fraction of sp³-hybridized carbons (Fsp3) is 0.353. The topological polar surface area (TPSA) is 139 Å². The van der Waals surface area contributed by atoms with Crippen LogP contribution in [0.2, 0.25) is 0 Å². The zero-order valence-corrected chi connectivity index (χ0v) is 16.1. The lowest BCUT2D eigenvalue weighted by Gasteiger charge is -2.15. The van der Waals surface area contributed by atoms with Gasteiger partial charge in [-0.25, -0.2) is 8.42 Å². The summed E-state index contributed by atoms with van der Waals surface area (Å²) in [5.41, 5.74) is 1.22. The van der Waals surface area contributed by atoms with Crippen molar-refractivity contribution in [1.29, 1.82) is 0 Å². The minimum absolute atomic E-state index is 0.0887. The van der Waals surface area contributed by atoms with Crippen molar-refractivity contribution in [2.75, 3.05) is 5.32 Å². The molecule has 2 rings (SSSR count). The van der Waals surface area contributed by atoms with Crippen LogP contribution in [0.15, 0.2) is 33.7 Å². The Morgan fingerprint density at radius 2 is 1.74 bits per heavy atom. The number of anilines is 1. The lowest BCUT2D eigenvalue weighted by molar-refractivity contribution is -0.138. The van der Waals surface area contributed by atoms with E-state index in [1.165, 1.54) is 20.8 Å². The summed E-state index contributed by atoms with van der Waals surface area (Å²) < 4.78 is 32.0. The zero-order chi connectivity index (χ0) is 20.4. The van der Waals surface area contributed by atoms with Gasteiger partial charge < -0.3 is 14.9 Å². The van der Waals surface area contributed by atoms with E-state index in [-0.39, 0.29) is 16.3 Å². The van der Waals surface area contributed by atoms with Crippen LogP contribution >= 0.6 is 0 Å². The molecule has 0 saturated heterocycles. The van der Waals surface area contributed by atoms with Gasteiger partial charge in [0.25, 0.3) is 0 Å². The number of amides is 1. The Hall–Kier alpha value is -2.72. The molecule has 0 aliphatic rings. The second-order valence-electron chi connectivity index (χ2n) is 6.17. The normalized spacial score (nSPS) is 13.8. The van der Waals surface area contributed by atoms with Crippen molar-refractivity contribution in [3.63, 3.8) is 0 Å². The maximum absolute atomic E-state index is 12.4. The van der Waals surface area contributed by atoms with Crippen molar-refractivity contribution in [2.45, 2.75) is 44.6 Å². The highest BCUT2D eigenvalue weighted by molar-refractivity contribution is 7.89. The van der Waals surface area contributed by atoms with Gasteiger partial charge in [0.2, 0.25) is 15.9 Å². The van der Waals surface area contributed by atoms with Crippen molar-refractivity contribution < 1.29 is 27.6 Å². The van der Waals surface area contributed by atoms with E-state index in [0.717, 1.165) is 0 Å². The summed E-state index contributed by atoms with van der Waals surface area (Å²) in [4.78, 5) is 23.2. The predicted molar refractivity (Wildman–Crippen MR) is 96.9 cm³/mol. The minimum atomic E-state index is -3.97. The monoisotopic (exact) mass is 395 g/mol. The predicted octanol–water partition coefficient (Wildman–Crippen LogP) is 1.79. The molecule has 0 saturated carbocycles. The molecule has 3 N–H and O–H groups in total. The van der Waals surface area contributed by atoms with Crippen LogP contribution in [0.3, 0.4) is 0 Å². The van der Waals surface area contributed by atoms with Crippen LogP contribution in [0.4, 0.5) is 5.69 Å². The number of rotatable bonds is 7. The van der Waals surface area contributed by atoms with E-state index in [1.807, 2.05) is 0 Å². The summed E-state index contributed by atoms with van der Waals surface area (Å²) in [6, 6.07) is 5.24. The number of benzene rings is 1. The van der Waals surface area contributed by atoms with Gasteiger partial charge in [-0.3, -0.25) is 9.59 Å². The fourth-order valence-corrected chi connectivity index (χ4v) is 3.98. The number of aliphatic carboxylic acids is 1. The number of nitrogens with one attached hydrogen (secondary N) is 2. The van der Waals surface area contributed by atoms with E-state index in [4.69, 9.17) is 9.63 Å². The largest absolute Gasteiger partial charge is 0.481 e. The van der Waals surface area contributed by atoms with Crippen LogP contribution < -0.4 is 10.0 Å². The second-order valence-corrected chi connectivity index (χ2v) is 7.82. The van der Waals surface area contributed by atoms with Crippen LogP contribution in [0.1, 0.15) is 36.8 Å². The fourth-order valence-electron chi connectivity index (χ4n) is 2.45. The van der Waals surface area contributed by atoms with Crippen LogP contribution in [-0.2, 0) is 19.6 Å². The van der Waals surface area contributed by atoms with Gasteiger partial charge in [0.1, 0.15) is 10.6 Å². The van der Waals surface area contributed by atoms with E-state index in [1.54, 1.807) is 31.2 Å². The maximum atomic E-state index is 12.4. The van der Waals surface area contributed by atoms with E-state index in [2.05, 4.69) is 15.2 Å². The summed E-state index contributed by atoms with van der Waals surface area (Å²) in [7, 11) is -3.97. The molecule has 27 heavy (non-hydrogen) atoms. The Balaban J connectivity index is 2.06. The summed E-state index contributed by atoms with van der Waals surface area (Å²) in [5.74, 6) is -2.05. The minimum Gasteiger partial charge on any atom is -0.481 e. The third-order valence-electron chi connectivity index (χ3n) is 4.01. The van der Waals surface area contributed by atoms with Crippen LogP contribution in [0.5, 0.6) is 0 Å². The smallest absolute Gasteiger partial charge is 0.310 e. The number of carboxylic acids is 1. The molecule has 1 aromatic heterocycles. The van der Waals surface area contributed by atoms with Gasteiger partial charge in [0.05, 0.1) is 12.0 Å². The number of hydrogen-bond acceptors (Lipinski definition) is 6. The van der Waals surface area contributed by atoms with Gasteiger partial charge in [-0.1, -0.05) is 17.3 Å². The summed E-state index contributed by atoms with van der Waals surface area (Å²) in [6.07, 6.45) is 0. The van der Waals surface area contributed by atoms with E-state index in [9.17, 15) is 18.0 Å². The number of nitrogens with zero attached hydrogens (tertiary/aromatic N) is 1. The molecule has 0 bridgehead atoms. The maximum Gasteiger partial charge on any atom is 0.310 e. The Morgan fingerprint density at radius 3 is 2.22 bits per heavy atom. The zero-order valence-electron chi connectivity index (χ0n) is 15.3. The molecule has 10 heteroatoms. The quantitative estimate of drug-likeness (QED) is 0.649.